The van der Waals surface area contributed by atoms with Crippen LogP contribution in [0.2, 0.25) is 0 Å². The number of nitrogens with one attached hydrogen (secondary N) is 1. The Morgan fingerprint density at radius 1 is 1.23 bits per heavy atom. The lowest BCUT2D eigenvalue weighted by atomic mass is 10.2. The number of rotatable bonds is 3. The zero-order valence-electron chi connectivity index (χ0n) is 11.3. The van der Waals surface area contributed by atoms with Gasteiger partial charge in [-0.25, -0.2) is 9.78 Å². The van der Waals surface area contributed by atoms with Crippen molar-refractivity contribution in [3.8, 4) is 11.1 Å². The molecule has 0 fully saturated rings. The highest BCUT2D eigenvalue weighted by Crippen LogP contribution is 2.36. The van der Waals surface area contributed by atoms with E-state index in [1.807, 2.05) is 18.2 Å². The van der Waals surface area contributed by atoms with Crippen molar-refractivity contribution in [1.29, 1.82) is 0 Å². The van der Waals surface area contributed by atoms with Crippen LogP contribution in [0.5, 0.6) is 0 Å². The number of aromatic nitrogens is 4. The summed E-state index contributed by atoms with van der Waals surface area (Å²) in [5.41, 5.74) is 2.17. The van der Waals surface area contributed by atoms with Gasteiger partial charge >= 0.3 is 5.69 Å². The summed E-state index contributed by atoms with van der Waals surface area (Å²) in [5, 5.41) is 6.16. The van der Waals surface area contributed by atoms with Crippen LogP contribution in [0.3, 0.4) is 0 Å². The minimum atomic E-state index is -0.287. The van der Waals surface area contributed by atoms with E-state index in [-0.39, 0.29) is 5.69 Å². The molecule has 3 aromatic heterocycles. The second kappa shape index (κ2) is 5.43. The third-order valence-corrected chi connectivity index (χ3v) is 5.25. The molecule has 4 rings (SSSR count). The number of aromatic amines is 1. The Morgan fingerprint density at radius 3 is 2.95 bits per heavy atom. The van der Waals surface area contributed by atoms with Crippen molar-refractivity contribution >= 4 is 28.7 Å². The molecule has 0 aliphatic rings. The van der Waals surface area contributed by atoms with Gasteiger partial charge in [0.2, 0.25) is 0 Å². The van der Waals surface area contributed by atoms with Crippen LogP contribution in [0.1, 0.15) is 0 Å². The van der Waals surface area contributed by atoms with Crippen LogP contribution in [0.4, 0.5) is 0 Å². The summed E-state index contributed by atoms with van der Waals surface area (Å²) in [6.45, 7) is 0. The first-order valence-electron chi connectivity index (χ1n) is 6.54. The molecule has 0 unspecified atom stereocenters. The highest BCUT2D eigenvalue weighted by atomic mass is 32.2. The molecule has 3 heterocycles. The Hall–Kier alpha value is -2.38. The smallest absolute Gasteiger partial charge is 0.296 e. The number of hydrogen-bond donors (Lipinski definition) is 1. The van der Waals surface area contributed by atoms with E-state index in [0.29, 0.717) is 5.65 Å². The van der Waals surface area contributed by atoms with Crippen LogP contribution in [-0.4, -0.2) is 19.6 Å². The molecule has 0 spiro atoms. The summed E-state index contributed by atoms with van der Waals surface area (Å²) < 4.78 is 2.46. The van der Waals surface area contributed by atoms with Crippen LogP contribution in [0.25, 0.3) is 16.8 Å². The van der Waals surface area contributed by atoms with Crippen LogP contribution >= 0.6 is 23.1 Å². The Morgan fingerprint density at radius 2 is 2.09 bits per heavy atom. The quantitative estimate of drug-likeness (QED) is 0.627. The molecule has 0 amide bonds. The second-order valence-corrected chi connectivity index (χ2v) is 6.86. The standard InChI is InChI=1S/C15H10N4OS2/c20-15-17-9-16-14-12(7-18-19(14)15)10-6-13(21-8-10)22-11-4-2-1-3-5-11/h1-9H,(H,16,17,20). The van der Waals surface area contributed by atoms with Gasteiger partial charge in [-0.05, 0) is 29.1 Å². The Balaban J connectivity index is 1.71. The Kier molecular flexibility index (Phi) is 3.28. The molecule has 0 atom stereocenters. The van der Waals surface area contributed by atoms with Crippen molar-refractivity contribution in [2.24, 2.45) is 0 Å². The van der Waals surface area contributed by atoms with Crippen molar-refractivity contribution in [2.75, 3.05) is 0 Å². The van der Waals surface area contributed by atoms with Gasteiger partial charge in [-0.3, -0.25) is 4.98 Å². The summed E-state index contributed by atoms with van der Waals surface area (Å²) in [4.78, 5) is 19.6. The van der Waals surface area contributed by atoms with E-state index in [1.54, 1.807) is 29.3 Å². The SMILES string of the molecule is O=c1[nH]cnc2c(-c3csc(Sc4ccccc4)c3)cnn12. The van der Waals surface area contributed by atoms with E-state index < -0.39 is 0 Å². The van der Waals surface area contributed by atoms with Crippen LogP contribution in [0.15, 0.2) is 68.2 Å². The minimum Gasteiger partial charge on any atom is -0.296 e. The number of thiophene rings is 1. The van der Waals surface area contributed by atoms with Crippen LogP contribution in [0, 0.1) is 0 Å². The number of H-pyrrole nitrogens is 1. The minimum absolute atomic E-state index is 0.287. The Labute approximate surface area is 133 Å². The first kappa shape index (κ1) is 13.3. The van der Waals surface area contributed by atoms with E-state index in [0.717, 1.165) is 11.1 Å². The zero-order valence-corrected chi connectivity index (χ0v) is 12.9. The van der Waals surface area contributed by atoms with Gasteiger partial charge in [-0.1, -0.05) is 30.0 Å². The lowest BCUT2D eigenvalue weighted by molar-refractivity contribution is 0.840. The molecule has 108 valence electrons. The largest absolute Gasteiger partial charge is 0.349 e. The lowest BCUT2D eigenvalue weighted by Gasteiger charge is -1.96. The van der Waals surface area contributed by atoms with Crippen molar-refractivity contribution in [3.63, 3.8) is 0 Å². The fourth-order valence-electron chi connectivity index (χ4n) is 2.14. The van der Waals surface area contributed by atoms with Gasteiger partial charge in [0, 0.05) is 10.5 Å². The molecule has 1 aromatic carbocycles. The molecular weight excluding hydrogens is 316 g/mol. The van der Waals surface area contributed by atoms with E-state index in [4.69, 9.17) is 0 Å². The predicted octanol–water partition coefficient (Wildman–Crippen LogP) is 3.30. The second-order valence-electron chi connectivity index (χ2n) is 4.57. The molecule has 22 heavy (non-hydrogen) atoms. The monoisotopic (exact) mass is 326 g/mol. The Bertz CT molecular complexity index is 987. The van der Waals surface area contributed by atoms with Crippen molar-refractivity contribution < 1.29 is 0 Å². The van der Waals surface area contributed by atoms with Crippen LogP contribution in [-0.2, 0) is 0 Å². The lowest BCUT2D eigenvalue weighted by Crippen LogP contribution is -2.17. The molecule has 0 radical (unpaired) electrons. The van der Waals surface area contributed by atoms with Gasteiger partial charge < -0.3 is 0 Å². The number of benzene rings is 1. The molecule has 4 aromatic rings. The molecule has 0 bridgehead atoms. The topological polar surface area (TPSA) is 63.0 Å². The number of fused-ring (bicyclic) bond motifs is 1. The molecule has 7 heteroatoms. The van der Waals surface area contributed by atoms with E-state index in [9.17, 15) is 4.79 Å². The van der Waals surface area contributed by atoms with Crippen molar-refractivity contribution in [2.45, 2.75) is 9.10 Å². The van der Waals surface area contributed by atoms with Gasteiger partial charge in [0.15, 0.2) is 5.65 Å². The van der Waals surface area contributed by atoms with E-state index >= 15 is 0 Å². The fraction of sp³-hybridized carbons (Fsp3) is 0. The number of hydrogen-bond acceptors (Lipinski definition) is 5. The average molecular weight is 326 g/mol. The zero-order chi connectivity index (χ0) is 14.9. The van der Waals surface area contributed by atoms with E-state index in [2.05, 4.69) is 38.6 Å². The normalized spacial score (nSPS) is 11.1. The highest BCUT2D eigenvalue weighted by Gasteiger charge is 2.12. The molecule has 0 aliphatic heterocycles. The summed E-state index contributed by atoms with van der Waals surface area (Å²) in [6, 6.07) is 12.3. The van der Waals surface area contributed by atoms with Crippen LogP contribution < -0.4 is 5.69 Å². The van der Waals surface area contributed by atoms with Crippen molar-refractivity contribution in [1.82, 2.24) is 19.6 Å². The van der Waals surface area contributed by atoms with Gasteiger partial charge in [-0.2, -0.15) is 9.61 Å². The maximum Gasteiger partial charge on any atom is 0.349 e. The third kappa shape index (κ3) is 2.34. The van der Waals surface area contributed by atoms with Gasteiger partial charge in [0.05, 0.1) is 16.7 Å². The van der Waals surface area contributed by atoms with Gasteiger partial charge in [-0.15, -0.1) is 11.3 Å². The average Bonchev–Trinajstić information content (AvgIpc) is 3.15. The molecule has 1 N–H and O–H groups in total. The van der Waals surface area contributed by atoms with Gasteiger partial charge in [0.1, 0.15) is 0 Å². The molecular formula is C15H10N4OS2. The molecule has 0 aliphatic carbocycles. The first-order valence-corrected chi connectivity index (χ1v) is 8.24. The summed E-state index contributed by atoms with van der Waals surface area (Å²) in [6.07, 6.45) is 3.07. The maximum absolute atomic E-state index is 11.7. The fourth-order valence-corrected chi connectivity index (χ4v) is 4.11. The van der Waals surface area contributed by atoms with Crippen molar-refractivity contribution in [3.05, 3.63) is 64.8 Å². The number of nitrogens with zero attached hydrogens (tertiary/aromatic N) is 3. The van der Waals surface area contributed by atoms with E-state index in [1.165, 1.54) is 19.9 Å². The molecule has 5 nitrogen and oxygen atoms in total. The predicted molar refractivity (Wildman–Crippen MR) is 87.5 cm³/mol. The first-order chi connectivity index (χ1) is 10.8. The third-order valence-electron chi connectivity index (χ3n) is 3.16. The summed E-state index contributed by atoms with van der Waals surface area (Å²) in [5.74, 6) is 0. The maximum atomic E-state index is 11.7. The highest BCUT2D eigenvalue weighted by molar-refractivity contribution is 8.01. The summed E-state index contributed by atoms with van der Waals surface area (Å²) in [7, 11) is 0. The summed E-state index contributed by atoms with van der Waals surface area (Å²) >= 11 is 3.38. The van der Waals surface area contributed by atoms with Gasteiger partial charge in [0.25, 0.3) is 0 Å². The molecule has 0 saturated heterocycles. The molecule has 0 saturated carbocycles.